The second-order valence-electron chi connectivity index (χ2n) is 16.0. The van der Waals surface area contributed by atoms with Gasteiger partial charge in [0, 0.05) is 68.3 Å². The third-order valence-electron chi connectivity index (χ3n) is 11.4. The Morgan fingerprint density at radius 1 is 0.964 bits per heavy atom. The molecule has 1 aromatic heterocycles. The van der Waals surface area contributed by atoms with Crippen LogP contribution in [0, 0.1) is 17.8 Å². The number of carbonyl (C=O) groups excluding carboxylic acids is 2. The summed E-state index contributed by atoms with van der Waals surface area (Å²) in [5, 5.41) is 59.9. The van der Waals surface area contributed by atoms with E-state index in [9.17, 15) is 35.1 Å². The van der Waals surface area contributed by atoms with Crippen LogP contribution in [0.15, 0.2) is 70.5 Å². The molecule has 6 N–H and O–H groups in total. The molecule has 10 atom stereocenters. The van der Waals surface area contributed by atoms with Gasteiger partial charge in [0.25, 0.3) is 0 Å². The molecule has 0 aliphatic carbocycles. The van der Waals surface area contributed by atoms with Crippen molar-refractivity contribution in [3.8, 4) is 21.6 Å². The Morgan fingerprint density at radius 2 is 1.60 bits per heavy atom. The maximum Gasteiger partial charge on any atom is 0.311 e. The van der Waals surface area contributed by atoms with Crippen LogP contribution in [0.3, 0.4) is 0 Å². The van der Waals surface area contributed by atoms with E-state index in [0.29, 0.717) is 26.1 Å². The molecule has 2 aliphatic heterocycles. The number of carbonyl (C=O) groups is 2. The fourth-order valence-corrected chi connectivity index (χ4v) is 10.4. The van der Waals surface area contributed by atoms with Gasteiger partial charge in [-0.25, -0.2) is 0 Å². The number of benzene rings is 2. The van der Waals surface area contributed by atoms with Crippen molar-refractivity contribution >= 4 is 41.1 Å². The van der Waals surface area contributed by atoms with Gasteiger partial charge >= 0.3 is 5.97 Å². The summed E-state index contributed by atoms with van der Waals surface area (Å²) < 4.78 is 5.70. The van der Waals surface area contributed by atoms with Crippen LogP contribution in [-0.2, 0) is 14.3 Å². The van der Waals surface area contributed by atoms with Crippen LogP contribution in [0.25, 0.3) is 27.6 Å². The van der Waals surface area contributed by atoms with Crippen LogP contribution in [0.4, 0.5) is 0 Å². The summed E-state index contributed by atoms with van der Waals surface area (Å²) in [4.78, 5) is 32.7. The molecule has 1 amide bonds. The lowest BCUT2D eigenvalue weighted by atomic mass is 9.78. The highest BCUT2D eigenvalue weighted by molar-refractivity contribution is 7.99. The van der Waals surface area contributed by atoms with Crippen LogP contribution in [0.5, 0.6) is 0 Å². The van der Waals surface area contributed by atoms with Crippen LogP contribution in [0.2, 0.25) is 0 Å². The van der Waals surface area contributed by atoms with Crippen molar-refractivity contribution < 1.29 is 39.9 Å². The molecular weight excluding hydrogens is 737 g/mol. The lowest BCUT2D eigenvalue weighted by molar-refractivity contribution is -0.193. The summed E-state index contributed by atoms with van der Waals surface area (Å²) in [7, 11) is 0. The third kappa shape index (κ3) is 9.73. The van der Waals surface area contributed by atoms with Crippen LogP contribution >= 0.6 is 23.1 Å². The first-order chi connectivity index (χ1) is 26.0. The Hall–Kier alpha value is -3.07. The summed E-state index contributed by atoms with van der Waals surface area (Å²) >= 11 is 3.42. The number of fused-ring (bicyclic) bond motifs is 5. The highest BCUT2D eigenvalue weighted by Crippen LogP contribution is 2.51. The smallest absolute Gasteiger partial charge is 0.311 e. The van der Waals surface area contributed by atoms with Crippen molar-refractivity contribution in [2.45, 2.75) is 119 Å². The number of amides is 1. The number of thiophene rings is 1. The van der Waals surface area contributed by atoms with Crippen molar-refractivity contribution in [2.75, 3.05) is 19.6 Å². The Labute approximate surface area is 333 Å². The van der Waals surface area contributed by atoms with Gasteiger partial charge in [0.05, 0.1) is 23.7 Å². The van der Waals surface area contributed by atoms with Gasteiger partial charge < -0.3 is 35.6 Å². The first-order valence-corrected chi connectivity index (χ1v) is 21.0. The molecular formula is C43H58N2O8S2. The Morgan fingerprint density at radius 3 is 2.27 bits per heavy atom. The number of esters is 1. The maximum absolute atomic E-state index is 13.2. The van der Waals surface area contributed by atoms with E-state index in [0.717, 1.165) is 10.4 Å². The van der Waals surface area contributed by atoms with Crippen LogP contribution < -0.4 is 5.32 Å². The quantitative estimate of drug-likeness (QED) is 0.0748. The van der Waals surface area contributed by atoms with Crippen LogP contribution in [0.1, 0.15) is 72.6 Å². The molecule has 0 unspecified atom stereocenters. The number of hydrogen-bond acceptors (Lipinski definition) is 11. The molecule has 0 bridgehead atoms. The first kappa shape index (κ1) is 43.1. The van der Waals surface area contributed by atoms with Crippen LogP contribution in [-0.4, -0.2) is 104 Å². The second kappa shape index (κ2) is 18.0. The van der Waals surface area contributed by atoms with Gasteiger partial charge in [-0.2, -0.15) is 0 Å². The van der Waals surface area contributed by atoms with Gasteiger partial charge in [0.15, 0.2) is 0 Å². The fourth-order valence-electron chi connectivity index (χ4n) is 8.08. The van der Waals surface area contributed by atoms with Gasteiger partial charge in [0.1, 0.15) is 17.8 Å². The van der Waals surface area contributed by atoms with Gasteiger partial charge in [-0.05, 0) is 82.7 Å². The number of rotatable bonds is 7. The van der Waals surface area contributed by atoms with E-state index >= 15 is 0 Å². The maximum atomic E-state index is 13.2. The molecule has 5 rings (SSSR count). The second-order valence-corrected chi connectivity index (χ2v) is 18.1. The minimum atomic E-state index is -1.84. The Balaban J connectivity index is 1.28. The van der Waals surface area contributed by atoms with E-state index in [2.05, 4.69) is 47.8 Å². The molecule has 300 valence electrons. The van der Waals surface area contributed by atoms with Crippen molar-refractivity contribution in [1.29, 1.82) is 0 Å². The van der Waals surface area contributed by atoms with Gasteiger partial charge in [-0.1, -0.05) is 68.9 Å². The zero-order valence-electron chi connectivity index (χ0n) is 32.9. The summed E-state index contributed by atoms with van der Waals surface area (Å²) in [5.41, 5.74) is 0.0691. The molecule has 3 aromatic rings. The standard InChI is InChI=1S/C43H58N2O8S2/c1-8-35-43(7,52)40(49)28(5)45(24-25(2)23-42(6,51)39(48)26(3)37(47)27(4)41(50)53-35)21-13-20-44-36(46)19-18-29-22-32-30-14-9-11-16-33(30)55-34-17-12-10-15-31(34)38(32)54-29/h9-12,14-19,22,25-28,35,37,39-40,47-49,51-52H,8,13,20-21,23-24H2,1-7H3,(H,44,46)/t25-,26+,27-,28-,35-,37+,39-,40-,42-,43-/m1/s1. The zero-order chi connectivity index (χ0) is 40.2. The summed E-state index contributed by atoms with van der Waals surface area (Å²) in [6.07, 6.45) is -0.792. The molecule has 1 fully saturated rings. The van der Waals surface area contributed by atoms with E-state index in [-0.39, 0.29) is 24.7 Å². The average molecular weight is 795 g/mol. The van der Waals surface area contributed by atoms with Crippen molar-refractivity contribution in [1.82, 2.24) is 10.2 Å². The average Bonchev–Trinajstić information content (AvgIpc) is 3.53. The predicted octanol–water partition coefficient (Wildman–Crippen LogP) is 5.98. The lowest BCUT2D eigenvalue weighted by Crippen LogP contribution is -2.59. The number of nitrogens with zero attached hydrogens (tertiary/aromatic N) is 1. The first-order valence-electron chi connectivity index (χ1n) is 19.4. The zero-order valence-corrected chi connectivity index (χ0v) is 34.6. The Kier molecular flexibility index (Phi) is 14.1. The molecule has 12 heteroatoms. The largest absolute Gasteiger partial charge is 0.459 e. The van der Waals surface area contributed by atoms with Crippen molar-refractivity contribution in [3.63, 3.8) is 0 Å². The van der Waals surface area contributed by atoms with Gasteiger partial charge in [-0.15, -0.1) is 11.3 Å². The number of cyclic esters (lactones) is 1. The topological polar surface area (TPSA) is 160 Å². The van der Waals surface area contributed by atoms with Crippen molar-refractivity contribution in [3.05, 3.63) is 65.6 Å². The fraction of sp³-hybridized carbons (Fsp3) is 0.535. The molecule has 0 radical (unpaired) electrons. The summed E-state index contributed by atoms with van der Waals surface area (Å²) in [5.74, 6) is -3.11. The summed E-state index contributed by atoms with van der Waals surface area (Å²) in [6.45, 7) is 12.7. The number of aliphatic hydroxyl groups is 5. The molecule has 2 aliphatic rings. The molecule has 0 saturated carbocycles. The third-order valence-corrected chi connectivity index (χ3v) is 13.7. The van der Waals surface area contributed by atoms with E-state index < -0.39 is 59.5 Å². The molecule has 10 nitrogen and oxygen atoms in total. The molecule has 2 aromatic carbocycles. The molecule has 1 saturated heterocycles. The Bertz CT molecular complexity index is 1760. The van der Waals surface area contributed by atoms with Gasteiger partial charge in [-0.3, -0.25) is 14.5 Å². The minimum Gasteiger partial charge on any atom is -0.459 e. The SMILES string of the molecule is CC[C@H]1OC(=O)[C@H](C)[C@@H](O)[C@H](C)[C@@H](O)[C@](C)(O)C[C@@H](C)CN(CCCNC(=O)C=Cc2cc3c(s2)-c2ccccc2Sc2ccccc2-3)[C@H](C)[C@@H](O)[C@]1(C)O. The van der Waals surface area contributed by atoms with E-state index in [1.165, 1.54) is 46.6 Å². The number of hydrogen-bond donors (Lipinski definition) is 6. The molecule has 0 spiro atoms. The minimum absolute atomic E-state index is 0.168. The van der Waals surface area contributed by atoms with Crippen molar-refractivity contribution in [2.24, 2.45) is 17.8 Å². The number of aliphatic hydroxyl groups excluding tert-OH is 3. The normalized spacial score (nSPS) is 32.3. The van der Waals surface area contributed by atoms with Gasteiger partial charge in [0.2, 0.25) is 5.91 Å². The summed E-state index contributed by atoms with van der Waals surface area (Å²) in [6, 6.07) is 18.3. The highest BCUT2D eigenvalue weighted by Gasteiger charge is 2.47. The van der Waals surface area contributed by atoms with E-state index in [1.54, 1.807) is 49.9 Å². The van der Waals surface area contributed by atoms with E-state index in [1.807, 2.05) is 30.0 Å². The number of ether oxygens (including phenoxy) is 1. The number of nitrogens with one attached hydrogen (secondary N) is 1. The predicted molar refractivity (Wildman–Crippen MR) is 219 cm³/mol. The lowest BCUT2D eigenvalue weighted by Gasteiger charge is -2.43. The monoisotopic (exact) mass is 794 g/mol. The highest BCUT2D eigenvalue weighted by atomic mass is 32.2. The molecule has 3 heterocycles. The van der Waals surface area contributed by atoms with E-state index in [4.69, 9.17) is 4.74 Å². The molecule has 55 heavy (non-hydrogen) atoms.